The van der Waals surface area contributed by atoms with Crippen LogP contribution in [0.5, 0.6) is 17.2 Å². The summed E-state index contributed by atoms with van der Waals surface area (Å²) < 4.78 is 16.6. The Morgan fingerprint density at radius 2 is 1.81 bits per heavy atom. The van der Waals surface area contributed by atoms with E-state index in [1.54, 1.807) is 19.2 Å². The van der Waals surface area contributed by atoms with E-state index in [9.17, 15) is 4.79 Å². The van der Waals surface area contributed by atoms with E-state index in [0.717, 1.165) is 5.75 Å². The summed E-state index contributed by atoms with van der Waals surface area (Å²) in [5.74, 6) is 1.96. The number of rotatable bonds is 9. The van der Waals surface area contributed by atoms with Crippen LogP contribution >= 0.6 is 0 Å². The number of methoxy groups -OCH3 is 1. The van der Waals surface area contributed by atoms with Crippen molar-refractivity contribution in [2.75, 3.05) is 20.3 Å². The molecule has 0 aliphatic carbocycles. The van der Waals surface area contributed by atoms with Crippen molar-refractivity contribution in [1.29, 1.82) is 0 Å². The van der Waals surface area contributed by atoms with Crippen LogP contribution in [0.3, 0.4) is 0 Å². The minimum atomic E-state index is -0.552. The number of carbonyl (C=O) groups is 1. The van der Waals surface area contributed by atoms with Crippen LogP contribution in [0.1, 0.15) is 24.5 Å². The van der Waals surface area contributed by atoms with E-state index in [1.807, 2.05) is 44.2 Å². The number of carbonyl (C=O) groups excluding carboxylic acids is 1. The first-order chi connectivity index (χ1) is 12.5. The molecule has 2 aromatic carbocycles. The average Bonchev–Trinajstić information content (AvgIpc) is 2.66. The minimum Gasteiger partial charge on any atom is -0.497 e. The van der Waals surface area contributed by atoms with E-state index in [-0.39, 0.29) is 5.91 Å². The van der Waals surface area contributed by atoms with Crippen LogP contribution in [0.4, 0.5) is 0 Å². The molecule has 2 rings (SSSR count). The SMILES string of the molecule is CC[C@@H](Oc1cccc(OC)c1)C(=O)NCCOc1ccc(C)c(C)c1. The maximum atomic E-state index is 12.3. The number of nitrogens with one attached hydrogen (secondary N) is 1. The topological polar surface area (TPSA) is 56.8 Å². The molecule has 26 heavy (non-hydrogen) atoms. The van der Waals surface area contributed by atoms with Gasteiger partial charge in [0.05, 0.1) is 13.7 Å². The van der Waals surface area contributed by atoms with Crippen molar-refractivity contribution in [2.45, 2.75) is 33.3 Å². The van der Waals surface area contributed by atoms with Crippen LogP contribution in [-0.2, 0) is 4.79 Å². The number of amides is 1. The third-order valence-electron chi connectivity index (χ3n) is 4.13. The Morgan fingerprint density at radius 1 is 1.04 bits per heavy atom. The molecule has 1 N–H and O–H groups in total. The summed E-state index contributed by atoms with van der Waals surface area (Å²) >= 11 is 0. The Labute approximate surface area is 155 Å². The first kappa shape index (κ1) is 19.6. The van der Waals surface area contributed by atoms with Crippen LogP contribution in [0.15, 0.2) is 42.5 Å². The van der Waals surface area contributed by atoms with Gasteiger partial charge in [0, 0.05) is 6.07 Å². The molecule has 0 saturated heterocycles. The van der Waals surface area contributed by atoms with Gasteiger partial charge in [-0.05, 0) is 55.7 Å². The zero-order valence-corrected chi connectivity index (χ0v) is 15.9. The Balaban J connectivity index is 1.80. The van der Waals surface area contributed by atoms with E-state index in [2.05, 4.69) is 12.2 Å². The summed E-state index contributed by atoms with van der Waals surface area (Å²) in [7, 11) is 1.60. The smallest absolute Gasteiger partial charge is 0.261 e. The molecule has 1 amide bonds. The van der Waals surface area contributed by atoms with Crippen molar-refractivity contribution in [1.82, 2.24) is 5.32 Å². The molecule has 5 heteroatoms. The highest BCUT2D eigenvalue weighted by molar-refractivity contribution is 5.81. The van der Waals surface area contributed by atoms with E-state index in [0.29, 0.717) is 31.1 Å². The van der Waals surface area contributed by atoms with Crippen LogP contribution in [0, 0.1) is 13.8 Å². The third-order valence-corrected chi connectivity index (χ3v) is 4.13. The second kappa shape index (κ2) is 9.70. The highest BCUT2D eigenvalue weighted by atomic mass is 16.5. The standard InChI is InChI=1S/C21H27NO4/c1-5-20(26-19-8-6-7-17(14-19)24-4)21(23)22-11-12-25-18-10-9-15(2)16(3)13-18/h6-10,13-14,20H,5,11-12H2,1-4H3,(H,22,23)/t20-/m1/s1. The highest BCUT2D eigenvalue weighted by Crippen LogP contribution is 2.20. The molecule has 0 radical (unpaired) electrons. The van der Waals surface area contributed by atoms with E-state index >= 15 is 0 Å². The van der Waals surface area contributed by atoms with Gasteiger partial charge in [-0.1, -0.05) is 19.1 Å². The lowest BCUT2D eigenvalue weighted by molar-refractivity contribution is -0.128. The van der Waals surface area contributed by atoms with Crippen LogP contribution < -0.4 is 19.5 Å². The molecule has 0 saturated carbocycles. The molecule has 140 valence electrons. The summed E-state index contributed by atoms with van der Waals surface area (Å²) in [4.78, 5) is 12.3. The van der Waals surface area contributed by atoms with Gasteiger partial charge < -0.3 is 19.5 Å². The largest absolute Gasteiger partial charge is 0.497 e. The zero-order chi connectivity index (χ0) is 18.9. The highest BCUT2D eigenvalue weighted by Gasteiger charge is 2.18. The fourth-order valence-electron chi connectivity index (χ4n) is 2.42. The predicted octanol–water partition coefficient (Wildman–Crippen LogP) is 3.66. The Bertz CT molecular complexity index is 730. The van der Waals surface area contributed by atoms with E-state index < -0.39 is 6.10 Å². The molecular weight excluding hydrogens is 330 g/mol. The summed E-state index contributed by atoms with van der Waals surface area (Å²) in [6, 6.07) is 13.2. The van der Waals surface area contributed by atoms with Crippen LogP contribution in [0.25, 0.3) is 0 Å². The van der Waals surface area contributed by atoms with Gasteiger partial charge in [-0.2, -0.15) is 0 Å². The van der Waals surface area contributed by atoms with Crippen LogP contribution in [-0.4, -0.2) is 32.3 Å². The maximum absolute atomic E-state index is 12.3. The summed E-state index contributed by atoms with van der Waals surface area (Å²) in [6.45, 7) is 6.85. The third kappa shape index (κ3) is 5.69. The van der Waals surface area contributed by atoms with Crippen molar-refractivity contribution in [3.8, 4) is 17.2 Å². The average molecular weight is 357 g/mol. The molecule has 5 nitrogen and oxygen atoms in total. The van der Waals surface area contributed by atoms with Crippen molar-refractivity contribution >= 4 is 5.91 Å². The quantitative estimate of drug-likeness (QED) is 0.696. The Morgan fingerprint density at radius 3 is 2.50 bits per heavy atom. The molecule has 0 spiro atoms. The fraction of sp³-hybridized carbons (Fsp3) is 0.381. The number of aryl methyl sites for hydroxylation is 2. The summed E-state index contributed by atoms with van der Waals surface area (Å²) in [6.07, 6.45) is 0.0184. The second-order valence-electron chi connectivity index (χ2n) is 6.08. The minimum absolute atomic E-state index is 0.154. The van der Waals surface area contributed by atoms with Crippen molar-refractivity contribution in [2.24, 2.45) is 0 Å². The van der Waals surface area contributed by atoms with Crippen LogP contribution in [0.2, 0.25) is 0 Å². The lowest BCUT2D eigenvalue weighted by atomic mass is 10.1. The molecule has 0 aromatic heterocycles. The number of benzene rings is 2. The molecule has 0 fully saturated rings. The molecule has 0 bridgehead atoms. The van der Waals surface area contributed by atoms with E-state index in [4.69, 9.17) is 14.2 Å². The van der Waals surface area contributed by atoms with Gasteiger partial charge in [0.2, 0.25) is 0 Å². The predicted molar refractivity (Wildman–Crippen MR) is 102 cm³/mol. The summed E-state index contributed by atoms with van der Waals surface area (Å²) in [5, 5.41) is 2.86. The fourth-order valence-corrected chi connectivity index (χ4v) is 2.42. The Hall–Kier alpha value is -2.69. The van der Waals surface area contributed by atoms with Gasteiger partial charge in [0.25, 0.3) is 5.91 Å². The van der Waals surface area contributed by atoms with E-state index in [1.165, 1.54) is 11.1 Å². The van der Waals surface area contributed by atoms with Crippen molar-refractivity contribution in [3.05, 3.63) is 53.6 Å². The van der Waals surface area contributed by atoms with Crippen molar-refractivity contribution < 1.29 is 19.0 Å². The first-order valence-corrected chi connectivity index (χ1v) is 8.82. The second-order valence-corrected chi connectivity index (χ2v) is 6.08. The van der Waals surface area contributed by atoms with Gasteiger partial charge in [-0.25, -0.2) is 0 Å². The van der Waals surface area contributed by atoms with Crippen molar-refractivity contribution in [3.63, 3.8) is 0 Å². The molecule has 1 atom stereocenters. The molecule has 0 unspecified atom stereocenters. The normalized spacial score (nSPS) is 11.5. The molecular formula is C21H27NO4. The molecule has 0 aliphatic heterocycles. The van der Waals surface area contributed by atoms with Gasteiger partial charge in [-0.3, -0.25) is 4.79 Å². The van der Waals surface area contributed by atoms with Gasteiger partial charge in [-0.15, -0.1) is 0 Å². The number of ether oxygens (including phenoxy) is 3. The zero-order valence-electron chi connectivity index (χ0n) is 15.9. The maximum Gasteiger partial charge on any atom is 0.261 e. The van der Waals surface area contributed by atoms with Gasteiger partial charge in [0.1, 0.15) is 23.9 Å². The summed E-state index contributed by atoms with van der Waals surface area (Å²) in [5.41, 5.74) is 2.41. The number of hydrogen-bond acceptors (Lipinski definition) is 4. The molecule has 0 heterocycles. The lowest BCUT2D eigenvalue weighted by Crippen LogP contribution is -2.39. The first-order valence-electron chi connectivity index (χ1n) is 8.82. The van der Waals surface area contributed by atoms with Gasteiger partial charge in [0.15, 0.2) is 6.10 Å². The Kier molecular flexibility index (Phi) is 7.33. The monoisotopic (exact) mass is 357 g/mol. The lowest BCUT2D eigenvalue weighted by Gasteiger charge is -2.18. The molecule has 0 aliphatic rings. The number of hydrogen-bond donors (Lipinski definition) is 1. The molecule has 2 aromatic rings. The van der Waals surface area contributed by atoms with Gasteiger partial charge >= 0.3 is 0 Å².